The van der Waals surface area contributed by atoms with Crippen LogP contribution in [0.4, 0.5) is 0 Å². The minimum atomic E-state index is -3.75. The van der Waals surface area contributed by atoms with Crippen LogP contribution < -0.4 is 10.3 Å². The Hall–Kier alpha value is -3.37. The second-order valence-electron chi connectivity index (χ2n) is 7.56. The van der Waals surface area contributed by atoms with Crippen molar-refractivity contribution in [2.24, 2.45) is 0 Å². The summed E-state index contributed by atoms with van der Waals surface area (Å²) < 4.78 is 34.8. The number of aryl methyl sites for hydroxylation is 3. The lowest BCUT2D eigenvalue weighted by molar-refractivity contribution is 0.354. The number of sulfonamides is 1. The molecule has 0 bridgehead atoms. The lowest BCUT2D eigenvalue weighted by Crippen LogP contribution is -2.27. The van der Waals surface area contributed by atoms with Crippen molar-refractivity contribution in [1.29, 1.82) is 0 Å². The Morgan fingerprint density at radius 2 is 1.81 bits per heavy atom. The fourth-order valence-electron chi connectivity index (χ4n) is 3.42. The highest BCUT2D eigenvalue weighted by Gasteiger charge is 2.23. The number of hydrogen-bond donors (Lipinski definition) is 1. The highest BCUT2D eigenvalue weighted by molar-refractivity contribution is 7.89. The molecule has 4 rings (SSSR count). The molecule has 1 atom stereocenters. The normalized spacial score (nSPS) is 12.9. The fourth-order valence-corrected chi connectivity index (χ4v) is 4.62. The molecule has 0 fully saturated rings. The summed E-state index contributed by atoms with van der Waals surface area (Å²) in [5.74, 6) is 0.440. The van der Waals surface area contributed by atoms with E-state index in [-0.39, 0.29) is 16.3 Å². The van der Waals surface area contributed by atoms with Crippen molar-refractivity contribution in [3.8, 4) is 11.4 Å². The van der Waals surface area contributed by atoms with Crippen molar-refractivity contribution in [3.63, 3.8) is 0 Å². The van der Waals surface area contributed by atoms with E-state index in [0.717, 1.165) is 11.1 Å². The van der Waals surface area contributed by atoms with Gasteiger partial charge in [-0.25, -0.2) is 13.4 Å². The van der Waals surface area contributed by atoms with Crippen molar-refractivity contribution >= 4 is 21.1 Å². The van der Waals surface area contributed by atoms with Gasteiger partial charge in [0.1, 0.15) is 5.69 Å². The molecule has 9 nitrogen and oxygen atoms in total. The first-order valence-corrected chi connectivity index (χ1v) is 11.6. The van der Waals surface area contributed by atoms with Crippen molar-refractivity contribution in [2.75, 3.05) is 0 Å². The SMILES string of the molecule is CCn1c(=O)c(C)nc2cc(-c3noc([C@@H](C)NS(=O)(=O)c4ccc(C)cc4)n3)ccc21. The summed E-state index contributed by atoms with van der Waals surface area (Å²) in [6.45, 7) is 7.63. The Bertz CT molecular complexity index is 1460. The standard InChI is InChI=1S/C22H23N5O4S/c1-5-27-19-11-8-16(12-18(19)23-15(4)22(27)28)20-24-21(31-25-20)14(3)26-32(29,30)17-9-6-13(2)7-10-17/h6-12,14,26H,5H2,1-4H3/t14-/m1/s1. The molecule has 10 heteroatoms. The Morgan fingerprint density at radius 1 is 1.09 bits per heavy atom. The molecular formula is C22H23N5O4S. The highest BCUT2D eigenvalue weighted by atomic mass is 32.2. The van der Waals surface area contributed by atoms with Crippen LogP contribution >= 0.6 is 0 Å². The van der Waals surface area contributed by atoms with Crippen molar-refractivity contribution in [3.05, 3.63) is 70.0 Å². The molecule has 0 amide bonds. The maximum absolute atomic E-state index is 12.6. The molecule has 1 N–H and O–H groups in total. The predicted molar refractivity (Wildman–Crippen MR) is 120 cm³/mol. The van der Waals surface area contributed by atoms with Gasteiger partial charge in [0.15, 0.2) is 0 Å². The first-order chi connectivity index (χ1) is 15.2. The van der Waals surface area contributed by atoms with Gasteiger partial charge in [0.2, 0.25) is 21.7 Å². The van der Waals surface area contributed by atoms with Gasteiger partial charge in [-0.1, -0.05) is 22.9 Å². The van der Waals surface area contributed by atoms with E-state index in [1.165, 1.54) is 0 Å². The van der Waals surface area contributed by atoms with Crippen LogP contribution in [0, 0.1) is 13.8 Å². The molecule has 0 aliphatic heterocycles. The predicted octanol–water partition coefficient (Wildman–Crippen LogP) is 3.12. The molecule has 2 heterocycles. The lowest BCUT2D eigenvalue weighted by Gasteiger charge is -2.10. The third-order valence-electron chi connectivity index (χ3n) is 5.16. The molecule has 2 aromatic heterocycles. The molecule has 4 aromatic rings. The van der Waals surface area contributed by atoms with E-state index in [0.29, 0.717) is 29.1 Å². The monoisotopic (exact) mass is 453 g/mol. The zero-order valence-corrected chi connectivity index (χ0v) is 19.0. The molecule has 166 valence electrons. The topological polar surface area (TPSA) is 120 Å². The zero-order chi connectivity index (χ0) is 23.0. The molecule has 0 radical (unpaired) electrons. The summed E-state index contributed by atoms with van der Waals surface area (Å²) in [5, 5.41) is 3.99. The van der Waals surface area contributed by atoms with Crippen molar-refractivity contribution in [2.45, 2.75) is 45.2 Å². The van der Waals surface area contributed by atoms with Gasteiger partial charge in [-0.3, -0.25) is 4.79 Å². The lowest BCUT2D eigenvalue weighted by atomic mass is 10.1. The van der Waals surface area contributed by atoms with E-state index in [4.69, 9.17) is 4.52 Å². The first-order valence-electron chi connectivity index (χ1n) is 10.1. The molecule has 0 spiro atoms. The summed E-state index contributed by atoms with van der Waals surface area (Å²) >= 11 is 0. The minimum absolute atomic E-state index is 0.121. The second-order valence-corrected chi connectivity index (χ2v) is 9.28. The van der Waals surface area contributed by atoms with Gasteiger partial charge in [0.25, 0.3) is 5.56 Å². The molecule has 32 heavy (non-hydrogen) atoms. The van der Waals surface area contributed by atoms with Crippen LogP contribution in [0.2, 0.25) is 0 Å². The average molecular weight is 454 g/mol. The summed E-state index contributed by atoms with van der Waals surface area (Å²) in [4.78, 5) is 21.2. The van der Waals surface area contributed by atoms with E-state index in [9.17, 15) is 13.2 Å². The van der Waals surface area contributed by atoms with Crippen LogP contribution in [0.1, 0.15) is 37.0 Å². The summed E-state index contributed by atoms with van der Waals surface area (Å²) in [6, 6.07) is 11.2. The summed E-state index contributed by atoms with van der Waals surface area (Å²) in [6.07, 6.45) is 0. The van der Waals surface area contributed by atoms with Crippen LogP contribution in [0.5, 0.6) is 0 Å². The Labute approximate surface area is 185 Å². The van der Waals surface area contributed by atoms with E-state index in [1.807, 2.05) is 13.8 Å². The minimum Gasteiger partial charge on any atom is -0.337 e. The molecule has 0 saturated heterocycles. The Kier molecular flexibility index (Phi) is 5.66. The molecule has 2 aromatic carbocycles. The van der Waals surface area contributed by atoms with Crippen LogP contribution in [0.25, 0.3) is 22.4 Å². The average Bonchev–Trinajstić information content (AvgIpc) is 3.25. The van der Waals surface area contributed by atoms with Crippen LogP contribution in [0.15, 0.2) is 56.7 Å². The van der Waals surface area contributed by atoms with Crippen molar-refractivity contribution in [1.82, 2.24) is 24.4 Å². The van der Waals surface area contributed by atoms with Gasteiger partial charge in [0, 0.05) is 12.1 Å². The maximum atomic E-state index is 12.6. The number of rotatable bonds is 6. The third kappa shape index (κ3) is 4.06. The largest absolute Gasteiger partial charge is 0.337 e. The number of fused-ring (bicyclic) bond motifs is 1. The summed E-state index contributed by atoms with van der Waals surface area (Å²) in [5.41, 5.74) is 3.26. The number of benzene rings is 2. The van der Waals surface area contributed by atoms with Gasteiger partial charge in [-0.2, -0.15) is 9.71 Å². The van der Waals surface area contributed by atoms with Gasteiger partial charge in [0.05, 0.1) is 22.0 Å². The second kappa shape index (κ2) is 8.29. The molecule has 0 unspecified atom stereocenters. The summed E-state index contributed by atoms with van der Waals surface area (Å²) in [7, 11) is -3.75. The molecule has 0 aliphatic carbocycles. The highest BCUT2D eigenvalue weighted by Crippen LogP contribution is 2.23. The van der Waals surface area contributed by atoms with E-state index in [1.54, 1.807) is 60.9 Å². The zero-order valence-electron chi connectivity index (χ0n) is 18.2. The van der Waals surface area contributed by atoms with E-state index < -0.39 is 16.1 Å². The van der Waals surface area contributed by atoms with Crippen LogP contribution in [0.3, 0.4) is 0 Å². The number of nitrogens with one attached hydrogen (secondary N) is 1. The number of hydrogen-bond acceptors (Lipinski definition) is 7. The maximum Gasteiger partial charge on any atom is 0.272 e. The number of nitrogens with zero attached hydrogens (tertiary/aromatic N) is 4. The van der Waals surface area contributed by atoms with Crippen LogP contribution in [-0.4, -0.2) is 28.1 Å². The number of aromatic nitrogens is 4. The van der Waals surface area contributed by atoms with Crippen molar-refractivity contribution < 1.29 is 12.9 Å². The van der Waals surface area contributed by atoms with E-state index in [2.05, 4.69) is 19.8 Å². The Morgan fingerprint density at radius 3 is 2.50 bits per heavy atom. The fraction of sp³-hybridized carbons (Fsp3) is 0.273. The van der Waals surface area contributed by atoms with Gasteiger partial charge in [-0.05, 0) is 58.0 Å². The van der Waals surface area contributed by atoms with Gasteiger partial charge >= 0.3 is 0 Å². The molecule has 0 aliphatic rings. The third-order valence-corrected chi connectivity index (χ3v) is 6.72. The molecule has 0 saturated carbocycles. The quantitative estimate of drug-likeness (QED) is 0.476. The molecular weight excluding hydrogens is 430 g/mol. The first kappa shape index (κ1) is 21.8. The Balaban J connectivity index is 1.62. The van der Waals surface area contributed by atoms with Gasteiger partial charge in [-0.15, -0.1) is 0 Å². The van der Waals surface area contributed by atoms with E-state index >= 15 is 0 Å². The smallest absolute Gasteiger partial charge is 0.272 e. The van der Waals surface area contributed by atoms with Gasteiger partial charge < -0.3 is 9.09 Å². The van der Waals surface area contributed by atoms with Crippen LogP contribution in [-0.2, 0) is 16.6 Å².